The summed E-state index contributed by atoms with van der Waals surface area (Å²) in [4.78, 5) is 27.8. The summed E-state index contributed by atoms with van der Waals surface area (Å²) < 4.78 is 3.33. The quantitative estimate of drug-likeness (QED) is 0.687. The van der Waals surface area contributed by atoms with Gasteiger partial charge in [0.05, 0.1) is 0 Å². The van der Waals surface area contributed by atoms with Crippen molar-refractivity contribution in [1.82, 2.24) is 14.4 Å². The van der Waals surface area contributed by atoms with Crippen LogP contribution in [0.2, 0.25) is 14.8 Å². The monoisotopic (exact) mass is 402 g/mol. The van der Waals surface area contributed by atoms with Gasteiger partial charge < -0.3 is 0 Å². The number of carbonyl (C=O) groups is 1. The Morgan fingerprint density at radius 2 is 1.95 bits per heavy atom. The van der Waals surface area contributed by atoms with Gasteiger partial charge >= 0.3 is 133 Å². The number of imidazole rings is 1. The molecule has 3 aromatic heterocycles. The second-order valence-electron chi connectivity index (χ2n) is 6.23. The number of anilines is 1. The molecule has 0 atom stereocenters. The zero-order chi connectivity index (χ0) is 15.7. The molecule has 0 spiro atoms. The number of amides is 1. The molecule has 0 saturated heterocycles. The average molecular weight is 401 g/mol. The summed E-state index contributed by atoms with van der Waals surface area (Å²) in [5.41, 5.74) is 1.18. The van der Waals surface area contributed by atoms with E-state index in [0.29, 0.717) is 11.5 Å². The van der Waals surface area contributed by atoms with E-state index in [1.165, 1.54) is 3.58 Å². The molecule has 3 rings (SSSR count). The average Bonchev–Trinajstić information content (AvgIpc) is 2.90. The number of rotatable bonds is 3. The topological polar surface area (TPSA) is 59.3 Å². The molecule has 3 heterocycles. The van der Waals surface area contributed by atoms with Gasteiger partial charge in [0.2, 0.25) is 0 Å². The molecule has 1 N–H and O–H groups in total. The predicted molar refractivity (Wildman–Crippen MR) is 90.4 cm³/mol. The molecule has 0 aliphatic rings. The van der Waals surface area contributed by atoms with Crippen molar-refractivity contribution in [3.8, 4) is 0 Å². The van der Waals surface area contributed by atoms with Gasteiger partial charge in [-0.1, -0.05) is 0 Å². The van der Waals surface area contributed by atoms with Gasteiger partial charge in [0.1, 0.15) is 0 Å². The number of carbonyl (C=O) groups excluding carboxylic acids is 1. The van der Waals surface area contributed by atoms with Crippen molar-refractivity contribution < 1.29 is 4.79 Å². The van der Waals surface area contributed by atoms with E-state index in [4.69, 9.17) is 0 Å². The third-order valence-corrected chi connectivity index (χ3v) is 9.24. The molecule has 0 fully saturated rings. The first-order valence-electron chi connectivity index (χ1n) is 7.15. The van der Waals surface area contributed by atoms with Gasteiger partial charge in [-0.2, -0.15) is 0 Å². The van der Waals surface area contributed by atoms with Crippen LogP contribution in [0, 0.1) is 0 Å². The standard InChI is InChI=1S/C13H9N4O.3CH3.Sn/c18-13(16-11-5-1-3-7-14-11)10-9-17-8-4-2-6-12(17)15-10;;;;/h1-3,5-9H,(H,14,16,18);3*1H3;. The summed E-state index contributed by atoms with van der Waals surface area (Å²) in [6.07, 6.45) is 5.52. The van der Waals surface area contributed by atoms with Crippen molar-refractivity contribution in [2.24, 2.45) is 0 Å². The summed E-state index contributed by atoms with van der Waals surface area (Å²) in [6, 6.07) is 9.50. The van der Waals surface area contributed by atoms with E-state index >= 15 is 0 Å². The molecule has 6 heteroatoms. The summed E-state index contributed by atoms with van der Waals surface area (Å²) in [5, 5.41) is 2.75. The Bertz CT molecular complexity index is 821. The molecule has 0 aliphatic carbocycles. The van der Waals surface area contributed by atoms with Crippen LogP contribution in [-0.4, -0.2) is 38.7 Å². The number of hydrogen-bond acceptors (Lipinski definition) is 3. The minimum absolute atomic E-state index is 0.247. The van der Waals surface area contributed by atoms with E-state index in [0.717, 1.165) is 5.65 Å². The van der Waals surface area contributed by atoms with Crippen LogP contribution >= 0.6 is 0 Å². The molecular weight excluding hydrogens is 383 g/mol. The Balaban J connectivity index is 1.90. The van der Waals surface area contributed by atoms with Crippen LogP contribution in [0.15, 0.2) is 48.9 Å². The van der Waals surface area contributed by atoms with Crippen molar-refractivity contribution in [2.45, 2.75) is 14.8 Å². The van der Waals surface area contributed by atoms with Crippen LogP contribution in [0.4, 0.5) is 5.82 Å². The number of aromatic nitrogens is 3. The van der Waals surface area contributed by atoms with Crippen molar-refractivity contribution in [3.63, 3.8) is 0 Å². The third-order valence-electron chi connectivity index (χ3n) is 3.46. The molecule has 3 aromatic rings. The van der Waals surface area contributed by atoms with Gasteiger partial charge in [-0.15, -0.1) is 0 Å². The van der Waals surface area contributed by atoms with Gasteiger partial charge in [-0.3, -0.25) is 0 Å². The molecule has 112 valence electrons. The predicted octanol–water partition coefficient (Wildman–Crippen LogP) is 2.53. The zero-order valence-electron chi connectivity index (χ0n) is 12.9. The van der Waals surface area contributed by atoms with Crippen LogP contribution in [0.1, 0.15) is 10.5 Å². The Kier molecular flexibility index (Phi) is 3.90. The molecule has 0 saturated carbocycles. The SMILES string of the molecule is [CH3][Sn]([CH3])([CH3])[c]1ccc2nc(C(=O)Nc3ccccn3)cn2c1. The number of nitrogens with zero attached hydrogens (tertiary/aromatic N) is 3. The molecular formula is C16H18N4OSn. The zero-order valence-corrected chi connectivity index (χ0v) is 15.7. The fourth-order valence-corrected chi connectivity index (χ4v) is 5.33. The van der Waals surface area contributed by atoms with Gasteiger partial charge in [-0.25, -0.2) is 0 Å². The molecule has 1 amide bonds. The van der Waals surface area contributed by atoms with Crippen molar-refractivity contribution in [2.75, 3.05) is 5.32 Å². The van der Waals surface area contributed by atoms with Crippen LogP contribution in [0.5, 0.6) is 0 Å². The first-order chi connectivity index (χ1) is 10.4. The van der Waals surface area contributed by atoms with Gasteiger partial charge in [0.15, 0.2) is 0 Å². The molecule has 0 unspecified atom stereocenters. The normalized spacial score (nSPS) is 11.6. The number of nitrogens with one attached hydrogen (secondary N) is 1. The van der Waals surface area contributed by atoms with Crippen molar-refractivity contribution in [1.29, 1.82) is 0 Å². The molecule has 0 radical (unpaired) electrons. The van der Waals surface area contributed by atoms with Gasteiger partial charge in [-0.05, 0) is 0 Å². The molecule has 0 aromatic carbocycles. The molecule has 22 heavy (non-hydrogen) atoms. The fraction of sp³-hybridized carbons (Fsp3) is 0.188. The Morgan fingerprint density at radius 1 is 1.14 bits per heavy atom. The Hall–Kier alpha value is -1.89. The second-order valence-corrected chi connectivity index (χ2v) is 20.7. The maximum absolute atomic E-state index is 12.3. The summed E-state index contributed by atoms with van der Waals surface area (Å²) in [5.74, 6) is 0.277. The van der Waals surface area contributed by atoms with Gasteiger partial charge in [0, 0.05) is 0 Å². The number of pyridine rings is 2. The molecule has 0 aliphatic heterocycles. The number of fused-ring (bicyclic) bond motifs is 1. The van der Waals surface area contributed by atoms with Crippen LogP contribution < -0.4 is 8.90 Å². The molecule has 5 nitrogen and oxygen atoms in total. The van der Waals surface area contributed by atoms with E-state index in [1.807, 2.05) is 16.5 Å². The van der Waals surface area contributed by atoms with Crippen LogP contribution in [0.25, 0.3) is 5.65 Å². The fourth-order valence-electron chi connectivity index (χ4n) is 2.16. The third kappa shape index (κ3) is 3.14. The molecule has 0 bridgehead atoms. The van der Waals surface area contributed by atoms with E-state index in [2.05, 4.69) is 42.4 Å². The van der Waals surface area contributed by atoms with E-state index in [-0.39, 0.29) is 5.91 Å². The van der Waals surface area contributed by atoms with Crippen LogP contribution in [-0.2, 0) is 0 Å². The van der Waals surface area contributed by atoms with E-state index in [9.17, 15) is 4.79 Å². The van der Waals surface area contributed by atoms with Gasteiger partial charge in [0.25, 0.3) is 0 Å². The van der Waals surface area contributed by atoms with E-state index < -0.39 is 18.4 Å². The second kappa shape index (κ2) is 5.72. The Morgan fingerprint density at radius 3 is 2.64 bits per heavy atom. The van der Waals surface area contributed by atoms with Crippen molar-refractivity contribution >= 4 is 39.3 Å². The van der Waals surface area contributed by atoms with Crippen molar-refractivity contribution in [3.05, 3.63) is 54.6 Å². The van der Waals surface area contributed by atoms with E-state index in [1.54, 1.807) is 24.5 Å². The Labute approximate surface area is 133 Å². The first-order valence-corrected chi connectivity index (χ1v) is 17.1. The summed E-state index contributed by atoms with van der Waals surface area (Å²) >= 11 is -2.13. The maximum atomic E-state index is 12.3. The van der Waals surface area contributed by atoms with Crippen LogP contribution in [0.3, 0.4) is 0 Å². The minimum atomic E-state index is -2.13. The number of hydrogen-bond donors (Lipinski definition) is 1. The summed E-state index contributed by atoms with van der Waals surface area (Å²) in [7, 11) is 0. The summed E-state index contributed by atoms with van der Waals surface area (Å²) in [6.45, 7) is 0. The first kappa shape index (κ1) is 15.0.